The van der Waals surface area contributed by atoms with Gasteiger partial charge in [0.25, 0.3) is 5.91 Å². The van der Waals surface area contributed by atoms with Gasteiger partial charge in [-0.3, -0.25) is 14.5 Å². The third kappa shape index (κ3) is 3.65. The van der Waals surface area contributed by atoms with Crippen LogP contribution in [-0.2, 0) is 21.5 Å². The number of carbonyl (C=O) groups excluding carboxylic acids is 3. The van der Waals surface area contributed by atoms with Crippen molar-refractivity contribution in [2.45, 2.75) is 32.7 Å². The minimum absolute atomic E-state index is 0.342. The average Bonchev–Trinajstić information content (AvgIpc) is 2.98. The lowest BCUT2D eigenvalue weighted by molar-refractivity contribution is -0.133. The Morgan fingerprint density at radius 3 is 2.52 bits per heavy atom. The van der Waals surface area contributed by atoms with Crippen LogP contribution < -0.4 is 10.6 Å². The molecule has 31 heavy (non-hydrogen) atoms. The number of aryl methyl sites for hydroxylation is 2. The van der Waals surface area contributed by atoms with Crippen LogP contribution in [0.1, 0.15) is 30.5 Å². The Bertz CT molecular complexity index is 1200. The highest BCUT2D eigenvalue weighted by molar-refractivity contribution is 6.10. The van der Waals surface area contributed by atoms with Gasteiger partial charge in [0.15, 0.2) is 0 Å². The molecule has 1 atom stereocenters. The summed E-state index contributed by atoms with van der Waals surface area (Å²) in [6.07, 6.45) is 0.764. The SMILES string of the molecule is CCc1cccc(C)c1NC(=O)CN1C(=O)NC(C)(c2ccc3ccccc3c2)C1=O. The van der Waals surface area contributed by atoms with E-state index in [1.54, 1.807) is 6.92 Å². The molecule has 0 aromatic heterocycles. The largest absolute Gasteiger partial charge is 0.325 e. The van der Waals surface area contributed by atoms with E-state index in [1.165, 1.54) is 0 Å². The Labute approximate surface area is 181 Å². The molecular weight excluding hydrogens is 390 g/mol. The van der Waals surface area contributed by atoms with Gasteiger partial charge >= 0.3 is 6.03 Å². The zero-order chi connectivity index (χ0) is 22.2. The molecule has 0 saturated carbocycles. The van der Waals surface area contributed by atoms with Gasteiger partial charge in [0, 0.05) is 5.69 Å². The van der Waals surface area contributed by atoms with Crippen molar-refractivity contribution in [2.75, 3.05) is 11.9 Å². The summed E-state index contributed by atoms with van der Waals surface area (Å²) in [4.78, 5) is 39.5. The summed E-state index contributed by atoms with van der Waals surface area (Å²) < 4.78 is 0. The molecule has 3 aromatic carbocycles. The maximum atomic E-state index is 13.2. The van der Waals surface area contributed by atoms with Crippen LogP contribution >= 0.6 is 0 Å². The van der Waals surface area contributed by atoms with Gasteiger partial charge in [0.05, 0.1) is 0 Å². The molecule has 1 saturated heterocycles. The second-order valence-electron chi connectivity index (χ2n) is 8.02. The average molecular weight is 415 g/mol. The lowest BCUT2D eigenvalue weighted by Crippen LogP contribution is -2.42. The molecule has 0 radical (unpaired) electrons. The highest BCUT2D eigenvalue weighted by atomic mass is 16.2. The topological polar surface area (TPSA) is 78.5 Å². The van der Waals surface area contributed by atoms with E-state index in [2.05, 4.69) is 10.6 Å². The van der Waals surface area contributed by atoms with Gasteiger partial charge in [-0.1, -0.05) is 61.5 Å². The molecule has 6 nitrogen and oxygen atoms in total. The minimum Gasteiger partial charge on any atom is -0.324 e. The Morgan fingerprint density at radius 2 is 1.77 bits per heavy atom. The number of carbonyl (C=O) groups is 3. The van der Waals surface area contributed by atoms with Gasteiger partial charge < -0.3 is 10.6 Å². The number of rotatable bonds is 5. The van der Waals surface area contributed by atoms with Crippen molar-refractivity contribution < 1.29 is 14.4 Å². The van der Waals surface area contributed by atoms with Gasteiger partial charge in [-0.05, 0) is 53.8 Å². The molecule has 1 aliphatic heterocycles. The van der Waals surface area contributed by atoms with Gasteiger partial charge in [-0.15, -0.1) is 0 Å². The summed E-state index contributed by atoms with van der Waals surface area (Å²) in [5, 5.41) is 7.67. The molecule has 6 heteroatoms. The predicted molar refractivity (Wildman–Crippen MR) is 121 cm³/mol. The Kier molecular flexibility index (Phi) is 5.23. The van der Waals surface area contributed by atoms with Crippen LogP contribution in [0.25, 0.3) is 10.8 Å². The fraction of sp³-hybridized carbons (Fsp3) is 0.240. The van der Waals surface area contributed by atoms with Crippen LogP contribution in [0.3, 0.4) is 0 Å². The fourth-order valence-electron chi connectivity index (χ4n) is 4.06. The molecular formula is C25H25N3O3. The number of anilines is 1. The number of nitrogens with one attached hydrogen (secondary N) is 2. The molecule has 0 spiro atoms. The number of hydrogen-bond donors (Lipinski definition) is 2. The molecule has 0 aliphatic carbocycles. The third-order valence-corrected chi connectivity index (χ3v) is 5.91. The second kappa shape index (κ2) is 7.87. The molecule has 1 aliphatic rings. The first-order valence-corrected chi connectivity index (χ1v) is 10.3. The molecule has 4 rings (SSSR count). The smallest absolute Gasteiger partial charge is 0.324 e. The van der Waals surface area contributed by atoms with E-state index in [1.807, 2.05) is 74.5 Å². The van der Waals surface area contributed by atoms with Crippen LogP contribution in [0.2, 0.25) is 0 Å². The van der Waals surface area contributed by atoms with Gasteiger partial charge in [-0.2, -0.15) is 0 Å². The summed E-state index contributed by atoms with van der Waals surface area (Å²) in [5.74, 6) is -0.848. The summed E-state index contributed by atoms with van der Waals surface area (Å²) in [6, 6.07) is 18.7. The zero-order valence-electron chi connectivity index (χ0n) is 17.9. The first-order valence-electron chi connectivity index (χ1n) is 10.3. The van der Waals surface area contributed by atoms with Crippen LogP contribution in [0.5, 0.6) is 0 Å². The summed E-state index contributed by atoms with van der Waals surface area (Å²) in [7, 11) is 0. The van der Waals surface area contributed by atoms with Crippen molar-refractivity contribution in [3.8, 4) is 0 Å². The first kappa shape index (κ1) is 20.6. The predicted octanol–water partition coefficient (Wildman–Crippen LogP) is 4.12. The Morgan fingerprint density at radius 1 is 1.03 bits per heavy atom. The lowest BCUT2D eigenvalue weighted by atomic mass is 9.90. The van der Waals surface area contributed by atoms with Gasteiger partial charge in [-0.25, -0.2) is 4.79 Å². The quantitative estimate of drug-likeness (QED) is 0.616. The molecule has 2 N–H and O–H groups in total. The summed E-state index contributed by atoms with van der Waals surface area (Å²) >= 11 is 0. The molecule has 0 bridgehead atoms. The standard InChI is InChI=1S/C25H25N3O3/c1-4-17-11-7-8-16(2)22(17)26-21(29)15-28-23(30)25(3,27-24(28)31)20-13-12-18-9-5-6-10-19(18)14-20/h5-14H,4,15H2,1-3H3,(H,26,29)(H,27,31). The second-order valence-corrected chi connectivity index (χ2v) is 8.02. The number of urea groups is 1. The fourth-order valence-corrected chi connectivity index (χ4v) is 4.06. The number of amides is 4. The van der Waals surface area contributed by atoms with Crippen LogP contribution in [-0.4, -0.2) is 29.3 Å². The molecule has 4 amide bonds. The van der Waals surface area contributed by atoms with E-state index in [4.69, 9.17) is 0 Å². The normalized spacial score (nSPS) is 18.4. The maximum absolute atomic E-state index is 13.2. The van der Waals surface area contributed by atoms with Crippen molar-refractivity contribution in [2.24, 2.45) is 0 Å². The Balaban J connectivity index is 1.56. The van der Waals surface area contributed by atoms with Crippen LogP contribution in [0.4, 0.5) is 10.5 Å². The molecule has 1 heterocycles. The number of fused-ring (bicyclic) bond motifs is 1. The summed E-state index contributed by atoms with van der Waals surface area (Å²) in [6.45, 7) is 5.26. The first-order chi connectivity index (χ1) is 14.8. The molecule has 3 aromatic rings. The zero-order valence-corrected chi connectivity index (χ0v) is 17.9. The van der Waals surface area contributed by atoms with E-state index >= 15 is 0 Å². The highest BCUT2D eigenvalue weighted by Crippen LogP contribution is 2.31. The number of para-hydroxylation sites is 1. The number of nitrogens with zero attached hydrogens (tertiary/aromatic N) is 1. The van der Waals surface area contributed by atoms with Crippen LogP contribution in [0.15, 0.2) is 60.7 Å². The molecule has 158 valence electrons. The van der Waals surface area contributed by atoms with Crippen molar-refractivity contribution in [1.82, 2.24) is 10.2 Å². The molecule has 1 fully saturated rings. The number of hydrogen-bond acceptors (Lipinski definition) is 3. The van der Waals surface area contributed by atoms with E-state index in [0.29, 0.717) is 5.56 Å². The lowest BCUT2D eigenvalue weighted by Gasteiger charge is -2.23. The van der Waals surface area contributed by atoms with E-state index in [0.717, 1.165) is 38.9 Å². The highest BCUT2D eigenvalue weighted by Gasteiger charge is 2.49. The van der Waals surface area contributed by atoms with E-state index in [9.17, 15) is 14.4 Å². The summed E-state index contributed by atoms with van der Waals surface area (Å²) in [5.41, 5.74) is 2.13. The van der Waals surface area contributed by atoms with Crippen molar-refractivity contribution in [3.63, 3.8) is 0 Å². The third-order valence-electron chi connectivity index (χ3n) is 5.91. The van der Waals surface area contributed by atoms with Crippen molar-refractivity contribution >= 4 is 34.3 Å². The van der Waals surface area contributed by atoms with E-state index < -0.39 is 23.4 Å². The number of benzene rings is 3. The van der Waals surface area contributed by atoms with Crippen molar-refractivity contribution in [3.05, 3.63) is 77.4 Å². The van der Waals surface area contributed by atoms with Crippen molar-refractivity contribution in [1.29, 1.82) is 0 Å². The minimum atomic E-state index is -1.22. The van der Waals surface area contributed by atoms with Gasteiger partial charge in [0.1, 0.15) is 12.1 Å². The van der Waals surface area contributed by atoms with Gasteiger partial charge in [0.2, 0.25) is 5.91 Å². The number of imide groups is 1. The van der Waals surface area contributed by atoms with Crippen LogP contribution in [0, 0.1) is 6.92 Å². The maximum Gasteiger partial charge on any atom is 0.325 e. The monoisotopic (exact) mass is 415 g/mol. The molecule has 1 unspecified atom stereocenters. The Hall–Kier alpha value is -3.67. The van der Waals surface area contributed by atoms with E-state index in [-0.39, 0.29) is 6.54 Å².